The lowest BCUT2D eigenvalue weighted by molar-refractivity contribution is -0.124. The third-order valence-electron chi connectivity index (χ3n) is 4.10. The average molecular weight is 425 g/mol. The van der Waals surface area contributed by atoms with Gasteiger partial charge in [-0.1, -0.05) is 30.3 Å². The zero-order valence-corrected chi connectivity index (χ0v) is 16.5. The van der Waals surface area contributed by atoms with E-state index in [0.717, 1.165) is 36.2 Å². The number of sulfone groups is 1. The first-order chi connectivity index (χ1) is 13.7. The molecule has 0 aliphatic heterocycles. The summed E-state index contributed by atoms with van der Waals surface area (Å²) in [6, 6.07) is 13.6. The zero-order chi connectivity index (χ0) is 21.4. The van der Waals surface area contributed by atoms with Gasteiger partial charge in [-0.15, -0.1) is 0 Å². The van der Waals surface area contributed by atoms with E-state index < -0.39 is 39.0 Å². The molecule has 0 aliphatic rings. The standard InChI is InChI=1S/C20H21F2NO5S/c1-14(7-8-15-5-3-2-4-6-15)23-18(24)13-28-19(25)16-9-11-17(12-10-16)29(26,27)20(21)22/h2-6,9-12,14,20H,7-8,13H2,1H3,(H,23,24). The monoisotopic (exact) mass is 425 g/mol. The van der Waals surface area contributed by atoms with E-state index in [1.165, 1.54) is 0 Å². The summed E-state index contributed by atoms with van der Waals surface area (Å²) >= 11 is 0. The van der Waals surface area contributed by atoms with Crippen LogP contribution in [0.2, 0.25) is 0 Å². The predicted octanol–water partition coefficient (Wildman–Crippen LogP) is 2.98. The number of rotatable bonds is 9. The van der Waals surface area contributed by atoms with Crippen LogP contribution in [-0.4, -0.2) is 38.7 Å². The molecule has 1 N–H and O–H groups in total. The molecule has 0 fully saturated rings. The summed E-state index contributed by atoms with van der Waals surface area (Å²) in [5.41, 5.74) is 1.10. The lowest BCUT2D eigenvalue weighted by atomic mass is 10.1. The molecule has 0 heterocycles. The number of aryl methyl sites for hydroxylation is 1. The van der Waals surface area contributed by atoms with Gasteiger partial charge in [-0.3, -0.25) is 4.79 Å². The van der Waals surface area contributed by atoms with Gasteiger partial charge in [-0.2, -0.15) is 8.78 Å². The normalized spacial score (nSPS) is 12.4. The van der Waals surface area contributed by atoms with Crippen LogP contribution in [0.3, 0.4) is 0 Å². The average Bonchev–Trinajstić information content (AvgIpc) is 2.71. The molecule has 9 heteroatoms. The second-order valence-electron chi connectivity index (χ2n) is 6.40. The van der Waals surface area contributed by atoms with E-state index in [1.54, 1.807) is 0 Å². The topological polar surface area (TPSA) is 89.5 Å². The molecule has 0 bridgehead atoms. The molecule has 0 saturated carbocycles. The molecule has 29 heavy (non-hydrogen) atoms. The highest BCUT2D eigenvalue weighted by Gasteiger charge is 2.26. The predicted molar refractivity (Wildman–Crippen MR) is 102 cm³/mol. The molecule has 0 saturated heterocycles. The van der Waals surface area contributed by atoms with Crippen LogP contribution in [0.1, 0.15) is 29.3 Å². The van der Waals surface area contributed by atoms with Crippen molar-refractivity contribution < 1.29 is 31.5 Å². The number of hydrogen-bond donors (Lipinski definition) is 1. The third kappa shape index (κ3) is 6.63. The van der Waals surface area contributed by atoms with E-state index in [1.807, 2.05) is 37.3 Å². The Labute approximate surface area is 167 Å². The molecule has 0 aliphatic carbocycles. The minimum atomic E-state index is -4.73. The number of halogens is 2. The summed E-state index contributed by atoms with van der Waals surface area (Å²) in [5.74, 6) is -4.89. The van der Waals surface area contributed by atoms with Gasteiger partial charge in [-0.05, 0) is 49.6 Å². The number of carbonyl (C=O) groups is 2. The van der Waals surface area contributed by atoms with Crippen molar-refractivity contribution in [2.24, 2.45) is 0 Å². The van der Waals surface area contributed by atoms with E-state index in [-0.39, 0.29) is 11.6 Å². The van der Waals surface area contributed by atoms with Crippen LogP contribution in [0.4, 0.5) is 8.78 Å². The number of carbonyl (C=O) groups excluding carboxylic acids is 2. The molecule has 1 unspecified atom stereocenters. The molecule has 0 spiro atoms. The van der Waals surface area contributed by atoms with Crippen molar-refractivity contribution in [2.45, 2.75) is 36.5 Å². The highest BCUT2D eigenvalue weighted by Crippen LogP contribution is 2.18. The maximum absolute atomic E-state index is 12.5. The van der Waals surface area contributed by atoms with Crippen LogP contribution >= 0.6 is 0 Å². The minimum absolute atomic E-state index is 0.0526. The van der Waals surface area contributed by atoms with Crippen molar-refractivity contribution in [3.63, 3.8) is 0 Å². The summed E-state index contributed by atoms with van der Waals surface area (Å²) in [6.45, 7) is 1.33. The third-order valence-corrected chi connectivity index (χ3v) is 5.50. The second kappa shape index (κ2) is 10.1. The molecule has 0 aromatic heterocycles. The first kappa shape index (κ1) is 22.5. The lowest BCUT2D eigenvalue weighted by Crippen LogP contribution is -2.36. The van der Waals surface area contributed by atoms with Gasteiger partial charge in [-0.25, -0.2) is 13.2 Å². The Bertz CT molecular complexity index is 931. The molecule has 2 aromatic rings. The molecule has 2 rings (SSSR count). The fraction of sp³-hybridized carbons (Fsp3) is 0.300. The Morgan fingerprint density at radius 3 is 2.24 bits per heavy atom. The second-order valence-corrected chi connectivity index (χ2v) is 8.32. The van der Waals surface area contributed by atoms with Gasteiger partial charge in [0.15, 0.2) is 6.61 Å². The van der Waals surface area contributed by atoms with E-state index in [4.69, 9.17) is 4.74 Å². The Hall–Kier alpha value is -2.81. The Morgan fingerprint density at radius 1 is 1.03 bits per heavy atom. The number of hydrogen-bond acceptors (Lipinski definition) is 5. The zero-order valence-electron chi connectivity index (χ0n) is 15.7. The quantitative estimate of drug-likeness (QED) is 0.624. The molecular formula is C20H21F2NO5S. The summed E-state index contributed by atoms with van der Waals surface area (Å²) in [5, 5.41) is 2.72. The first-order valence-electron chi connectivity index (χ1n) is 8.82. The van der Waals surface area contributed by atoms with Crippen LogP contribution in [0.15, 0.2) is 59.5 Å². The van der Waals surface area contributed by atoms with Gasteiger partial charge in [0.25, 0.3) is 5.91 Å². The first-order valence-corrected chi connectivity index (χ1v) is 10.4. The summed E-state index contributed by atoms with van der Waals surface area (Å²) in [4.78, 5) is 23.2. The van der Waals surface area contributed by atoms with Crippen molar-refractivity contribution in [3.05, 3.63) is 65.7 Å². The van der Waals surface area contributed by atoms with Gasteiger partial charge >= 0.3 is 11.7 Å². The van der Waals surface area contributed by atoms with Crippen molar-refractivity contribution in [2.75, 3.05) is 6.61 Å². The lowest BCUT2D eigenvalue weighted by Gasteiger charge is -2.14. The SMILES string of the molecule is CC(CCc1ccccc1)NC(=O)COC(=O)c1ccc(S(=O)(=O)C(F)F)cc1. The summed E-state index contributed by atoms with van der Waals surface area (Å²) in [7, 11) is -4.73. The molecule has 1 amide bonds. The Morgan fingerprint density at radius 2 is 1.66 bits per heavy atom. The van der Waals surface area contributed by atoms with E-state index in [2.05, 4.69) is 5.32 Å². The maximum atomic E-state index is 12.5. The Balaban J connectivity index is 1.80. The largest absolute Gasteiger partial charge is 0.452 e. The smallest absolute Gasteiger partial charge is 0.341 e. The highest BCUT2D eigenvalue weighted by molar-refractivity contribution is 7.91. The van der Waals surface area contributed by atoms with Crippen molar-refractivity contribution in [1.29, 1.82) is 0 Å². The molecule has 2 aromatic carbocycles. The molecule has 1 atom stereocenters. The number of ether oxygens (including phenoxy) is 1. The van der Waals surface area contributed by atoms with Crippen LogP contribution in [0, 0.1) is 0 Å². The van der Waals surface area contributed by atoms with Gasteiger partial charge in [0.05, 0.1) is 10.5 Å². The summed E-state index contributed by atoms with van der Waals surface area (Å²) < 4.78 is 52.6. The highest BCUT2D eigenvalue weighted by atomic mass is 32.2. The fourth-order valence-electron chi connectivity index (χ4n) is 2.51. The molecule has 0 radical (unpaired) electrons. The fourth-order valence-corrected chi connectivity index (χ4v) is 3.24. The minimum Gasteiger partial charge on any atom is -0.452 e. The number of alkyl halides is 2. The number of benzene rings is 2. The van der Waals surface area contributed by atoms with Crippen LogP contribution < -0.4 is 5.32 Å². The van der Waals surface area contributed by atoms with Gasteiger partial charge in [0, 0.05) is 6.04 Å². The van der Waals surface area contributed by atoms with Gasteiger partial charge < -0.3 is 10.1 Å². The molecule has 6 nitrogen and oxygen atoms in total. The number of esters is 1. The van der Waals surface area contributed by atoms with Crippen molar-refractivity contribution in [1.82, 2.24) is 5.32 Å². The molecule has 156 valence electrons. The maximum Gasteiger partial charge on any atom is 0.341 e. The van der Waals surface area contributed by atoms with Crippen molar-refractivity contribution >= 4 is 21.7 Å². The van der Waals surface area contributed by atoms with E-state index >= 15 is 0 Å². The summed E-state index contributed by atoms with van der Waals surface area (Å²) in [6.07, 6.45) is 1.50. The van der Waals surface area contributed by atoms with Gasteiger partial charge in [0.2, 0.25) is 9.84 Å². The number of amides is 1. The van der Waals surface area contributed by atoms with E-state index in [0.29, 0.717) is 6.42 Å². The van der Waals surface area contributed by atoms with Gasteiger partial charge in [0.1, 0.15) is 0 Å². The van der Waals surface area contributed by atoms with Crippen LogP contribution in [0.5, 0.6) is 0 Å². The van der Waals surface area contributed by atoms with Crippen LogP contribution in [0.25, 0.3) is 0 Å². The number of nitrogens with one attached hydrogen (secondary N) is 1. The van der Waals surface area contributed by atoms with Crippen molar-refractivity contribution in [3.8, 4) is 0 Å². The van der Waals surface area contributed by atoms with E-state index in [9.17, 15) is 26.8 Å². The van der Waals surface area contributed by atoms with Crippen LogP contribution in [-0.2, 0) is 25.8 Å². The Kier molecular flexibility index (Phi) is 7.83. The molecular weight excluding hydrogens is 404 g/mol.